The molecule has 1 fully saturated rings. The van der Waals surface area contributed by atoms with Crippen molar-refractivity contribution >= 4 is 40.3 Å². The van der Waals surface area contributed by atoms with Gasteiger partial charge in [-0.3, -0.25) is 9.59 Å². The maximum Gasteiger partial charge on any atom is 0.243 e. The molecule has 2 aromatic heterocycles. The molecule has 202 valence electrons. The topological polar surface area (TPSA) is 132 Å². The van der Waals surface area contributed by atoms with E-state index in [4.69, 9.17) is 23.1 Å². The summed E-state index contributed by atoms with van der Waals surface area (Å²) < 4.78 is 30.3. The average molecular weight is 554 g/mol. The third-order valence-electron chi connectivity index (χ3n) is 6.82. The van der Waals surface area contributed by atoms with E-state index in [0.29, 0.717) is 23.1 Å². The van der Waals surface area contributed by atoms with Crippen LogP contribution in [0.3, 0.4) is 0 Å². The summed E-state index contributed by atoms with van der Waals surface area (Å²) in [6.07, 6.45) is 1.51. The molecule has 0 radical (unpaired) electrons. The number of nitrogens with two attached hydrogens (primary N) is 2. The lowest BCUT2D eigenvalue weighted by molar-refractivity contribution is -0.139. The molecule has 0 unspecified atom stereocenters. The number of amides is 2. The van der Waals surface area contributed by atoms with Crippen molar-refractivity contribution < 1.29 is 18.4 Å². The third kappa shape index (κ3) is 5.27. The summed E-state index contributed by atoms with van der Waals surface area (Å²) in [5.41, 5.74) is 15.1. The van der Waals surface area contributed by atoms with E-state index in [1.54, 1.807) is 16.8 Å². The highest BCUT2D eigenvalue weighted by Crippen LogP contribution is 2.33. The maximum absolute atomic E-state index is 14.5. The van der Waals surface area contributed by atoms with E-state index in [1.165, 1.54) is 23.4 Å². The smallest absolute Gasteiger partial charge is 0.243 e. The van der Waals surface area contributed by atoms with Crippen molar-refractivity contribution in [2.24, 2.45) is 5.73 Å². The first-order valence-electron chi connectivity index (χ1n) is 12.3. The quantitative estimate of drug-likeness (QED) is 0.322. The van der Waals surface area contributed by atoms with Crippen LogP contribution >= 0.6 is 11.6 Å². The van der Waals surface area contributed by atoms with Crippen LogP contribution in [0.1, 0.15) is 17.5 Å². The summed E-state index contributed by atoms with van der Waals surface area (Å²) in [5, 5.41) is 3.10. The summed E-state index contributed by atoms with van der Waals surface area (Å²) >= 11 is 5.81. The second kappa shape index (κ2) is 11.0. The zero-order valence-corrected chi connectivity index (χ0v) is 21.5. The van der Waals surface area contributed by atoms with E-state index < -0.39 is 29.8 Å². The van der Waals surface area contributed by atoms with Crippen molar-refractivity contribution in [1.29, 1.82) is 0 Å². The molecule has 2 amide bonds. The molecule has 12 heteroatoms. The Morgan fingerprint density at radius 1 is 1.18 bits per heavy atom. The molecule has 0 aliphatic carbocycles. The van der Waals surface area contributed by atoms with E-state index in [0.717, 1.165) is 11.1 Å². The van der Waals surface area contributed by atoms with Gasteiger partial charge in [-0.2, -0.15) is 0 Å². The number of carbonyl (C=O) groups is 2. The first-order chi connectivity index (χ1) is 18.8. The molecule has 2 aromatic carbocycles. The van der Waals surface area contributed by atoms with Crippen LogP contribution < -0.4 is 16.8 Å². The third-order valence-corrected chi connectivity index (χ3v) is 7.11. The fourth-order valence-corrected chi connectivity index (χ4v) is 5.08. The Morgan fingerprint density at radius 2 is 1.97 bits per heavy atom. The lowest BCUT2D eigenvalue weighted by atomic mass is 10.0. The first-order valence-corrected chi connectivity index (χ1v) is 12.7. The zero-order chi connectivity index (χ0) is 27.7. The minimum atomic E-state index is -1.37. The number of rotatable bonds is 7. The number of anilines is 1. The molecule has 3 heterocycles. The van der Waals surface area contributed by atoms with Crippen molar-refractivity contribution in [3.05, 3.63) is 77.0 Å². The van der Waals surface area contributed by atoms with Crippen LogP contribution in [0.2, 0.25) is 5.02 Å². The summed E-state index contributed by atoms with van der Waals surface area (Å²) in [7, 11) is 0. The van der Waals surface area contributed by atoms with Gasteiger partial charge in [0, 0.05) is 36.8 Å². The van der Waals surface area contributed by atoms with Gasteiger partial charge in [-0.1, -0.05) is 41.9 Å². The number of benzene rings is 2. The van der Waals surface area contributed by atoms with Gasteiger partial charge in [0.05, 0.1) is 17.0 Å². The number of carbonyl (C=O) groups excluding carboxylic acids is 2. The van der Waals surface area contributed by atoms with Gasteiger partial charge in [-0.15, -0.1) is 0 Å². The molecule has 0 spiro atoms. The van der Waals surface area contributed by atoms with Gasteiger partial charge >= 0.3 is 0 Å². The van der Waals surface area contributed by atoms with Crippen molar-refractivity contribution in [3.63, 3.8) is 0 Å². The number of nitrogens with one attached hydrogen (secondary N) is 1. The number of alkyl halides is 1. The lowest BCUT2D eigenvalue weighted by Crippen LogP contribution is -2.46. The molecule has 2 atom stereocenters. The highest BCUT2D eigenvalue weighted by Gasteiger charge is 2.40. The van der Waals surface area contributed by atoms with E-state index in [2.05, 4.69) is 15.3 Å². The molecule has 1 aliphatic rings. The fourth-order valence-electron chi connectivity index (χ4n) is 4.88. The molecule has 4 aromatic rings. The predicted octanol–water partition coefficient (Wildman–Crippen LogP) is 3.19. The molecule has 9 nitrogen and oxygen atoms in total. The van der Waals surface area contributed by atoms with Crippen LogP contribution in [0.5, 0.6) is 0 Å². The van der Waals surface area contributed by atoms with E-state index in [9.17, 15) is 18.4 Å². The maximum atomic E-state index is 14.5. The Labute approximate surface area is 227 Å². The fraction of sp³-hybridized carbons (Fsp3) is 0.259. The van der Waals surface area contributed by atoms with E-state index in [1.807, 2.05) is 24.3 Å². The van der Waals surface area contributed by atoms with Crippen LogP contribution in [0.4, 0.5) is 14.6 Å². The minimum Gasteiger partial charge on any atom is -0.383 e. The Hall–Kier alpha value is -4.09. The van der Waals surface area contributed by atoms with E-state index in [-0.39, 0.29) is 42.5 Å². The van der Waals surface area contributed by atoms with Crippen molar-refractivity contribution in [1.82, 2.24) is 24.8 Å². The Morgan fingerprint density at radius 3 is 2.77 bits per heavy atom. The minimum absolute atomic E-state index is 0.0687. The Balaban J connectivity index is 1.39. The van der Waals surface area contributed by atoms with Gasteiger partial charge in [0.2, 0.25) is 11.8 Å². The van der Waals surface area contributed by atoms with Crippen LogP contribution in [0.15, 0.2) is 55.0 Å². The molecule has 1 aliphatic heterocycles. The number of halogens is 3. The van der Waals surface area contributed by atoms with Crippen molar-refractivity contribution in [2.45, 2.75) is 38.3 Å². The molecule has 5 rings (SSSR count). The Kier molecular flexibility index (Phi) is 7.45. The summed E-state index contributed by atoms with van der Waals surface area (Å²) in [4.78, 5) is 36.0. The molecule has 39 heavy (non-hydrogen) atoms. The van der Waals surface area contributed by atoms with Gasteiger partial charge in [-0.25, -0.2) is 18.7 Å². The van der Waals surface area contributed by atoms with Gasteiger partial charge in [-0.05, 0) is 23.3 Å². The number of aromatic nitrogens is 3. The summed E-state index contributed by atoms with van der Waals surface area (Å²) in [6.45, 7) is -0.235. The number of hydrogen-bond acceptors (Lipinski definition) is 6. The van der Waals surface area contributed by atoms with Gasteiger partial charge in [0.25, 0.3) is 0 Å². The molecule has 5 N–H and O–H groups in total. The molecule has 1 saturated heterocycles. The molecule has 0 saturated carbocycles. The van der Waals surface area contributed by atoms with E-state index >= 15 is 0 Å². The molecular weight excluding hydrogens is 528 g/mol. The molecule has 0 bridgehead atoms. The normalized spacial score (nSPS) is 17.1. The SMILES string of the molecule is NCc1cccc(-c2cn(CC(=O)N3C[C@H](F)C[C@@H]3C(=O)NCc3cccc(Cl)c3F)c3ncnc(N)c23)c1. The second-order valence-corrected chi connectivity index (χ2v) is 9.77. The van der Waals surface area contributed by atoms with Gasteiger partial charge in [0.1, 0.15) is 42.4 Å². The second-order valence-electron chi connectivity index (χ2n) is 9.36. The van der Waals surface area contributed by atoms with Gasteiger partial charge < -0.3 is 26.3 Å². The van der Waals surface area contributed by atoms with Crippen LogP contribution in [-0.2, 0) is 29.2 Å². The standard InChI is InChI=1S/C27H26ClF2N7O2/c28-20-6-2-5-17(24(20)30)10-33-27(39)21-8-18(29)11-37(21)22(38)13-36-12-19(16-4-1-3-15(7-16)9-31)23-25(32)34-14-35-26(23)36/h1-7,12,14,18,21H,8-11,13,31H2,(H,33,39)(H2,32,34,35)/t18-,21-/m1/s1. The largest absolute Gasteiger partial charge is 0.383 e. The summed E-state index contributed by atoms with van der Waals surface area (Å²) in [5.74, 6) is -1.45. The number of likely N-dealkylation sites (tertiary alicyclic amines) is 1. The number of fused-ring (bicyclic) bond motifs is 1. The number of nitrogens with zero attached hydrogens (tertiary/aromatic N) is 4. The Bertz CT molecular complexity index is 1560. The van der Waals surface area contributed by atoms with Crippen LogP contribution in [-0.4, -0.2) is 50.0 Å². The monoisotopic (exact) mass is 553 g/mol. The highest BCUT2D eigenvalue weighted by molar-refractivity contribution is 6.30. The van der Waals surface area contributed by atoms with Gasteiger partial charge in [0.15, 0.2) is 0 Å². The number of hydrogen-bond donors (Lipinski definition) is 3. The predicted molar refractivity (Wildman–Crippen MR) is 144 cm³/mol. The highest BCUT2D eigenvalue weighted by atomic mass is 35.5. The number of nitrogen functional groups attached to an aromatic ring is 1. The van der Waals surface area contributed by atoms with Crippen LogP contribution in [0, 0.1) is 5.82 Å². The zero-order valence-electron chi connectivity index (χ0n) is 20.8. The first kappa shape index (κ1) is 26.5. The molecular formula is C27H26ClF2N7O2. The lowest BCUT2D eigenvalue weighted by Gasteiger charge is -2.24. The van der Waals surface area contributed by atoms with Crippen molar-refractivity contribution in [2.75, 3.05) is 12.3 Å². The summed E-state index contributed by atoms with van der Waals surface area (Å²) in [6, 6.07) is 11.0. The average Bonchev–Trinajstić information content (AvgIpc) is 3.51. The van der Waals surface area contributed by atoms with Crippen LogP contribution in [0.25, 0.3) is 22.2 Å². The van der Waals surface area contributed by atoms with Crippen molar-refractivity contribution in [3.8, 4) is 11.1 Å².